The van der Waals surface area contributed by atoms with Crippen LogP contribution in [0.4, 0.5) is 5.95 Å². The number of likely N-dealkylation sites (N-methyl/N-ethyl adjacent to an activating group) is 1. The molecule has 1 fully saturated rings. The number of ether oxygens (including phenoxy) is 1. The molecule has 1 unspecified atom stereocenters. The SMILES string of the molecule is CNCC1COCCN1c1nnc2ccccc2n1. The standard InChI is InChI=1S/C13H17N5O/c1-14-8-10-9-19-7-6-18(10)13-15-11-4-2-3-5-12(11)16-17-13/h2-5,10,14H,6-9H2,1H3. The number of hydrogen-bond acceptors (Lipinski definition) is 6. The number of nitrogens with one attached hydrogen (secondary N) is 1. The van der Waals surface area contributed by atoms with Gasteiger partial charge in [-0.2, -0.15) is 0 Å². The average Bonchev–Trinajstić information content (AvgIpc) is 2.48. The van der Waals surface area contributed by atoms with Crippen molar-refractivity contribution in [1.29, 1.82) is 0 Å². The van der Waals surface area contributed by atoms with Crippen LogP contribution in [0.15, 0.2) is 24.3 Å². The highest BCUT2D eigenvalue weighted by Crippen LogP contribution is 2.16. The first-order chi connectivity index (χ1) is 9.38. The van der Waals surface area contributed by atoms with E-state index in [2.05, 4.69) is 25.4 Å². The number of aromatic nitrogens is 3. The van der Waals surface area contributed by atoms with E-state index in [9.17, 15) is 0 Å². The number of morpholine rings is 1. The van der Waals surface area contributed by atoms with Gasteiger partial charge in [-0.25, -0.2) is 4.98 Å². The minimum Gasteiger partial charge on any atom is -0.377 e. The third-order valence-electron chi connectivity index (χ3n) is 3.27. The zero-order valence-corrected chi connectivity index (χ0v) is 10.9. The van der Waals surface area contributed by atoms with E-state index in [-0.39, 0.29) is 6.04 Å². The van der Waals surface area contributed by atoms with Crippen molar-refractivity contribution in [1.82, 2.24) is 20.5 Å². The smallest absolute Gasteiger partial charge is 0.246 e. The van der Waals surface area contributed by atoms with Gasteiger partial charge in [-0.3, -0.25) is 0 Å². The molecule has 0 spiro atoms. The lowest BCUT2D eigenvalue weighted by Crippen LogP contribution is -2.50. The first-order valence-electron chi connectivity index (χ1n) is 6.47. The molecule has 100 valence electrons. The lowest BCUT2D eigenvalue weighted by Gasteiger charge is -2.35. The largest absolute Gasteiger partial charge is 0.377 e. The number of nitrogens with zero attached hydrogens (tertiary/aromatic N) is 4. The van der Waals surface area contributed by atoms with Gasteiger partial charge in [-0.05, 0) is 19.2 Å². The molecule has 1 aliphatic rings. The van der Waals surface area contributed by atoms with Crippen molar-refractivity contribution in [2.24, 2.45) is 0 Å². The van der Waals surface area contributed by atoms with Gasteiger partial charge < -0.3 is 15.0 Å². The first-order valence-corrected chi connectivity index (χ1v) is 6.47. The third-order valence-corrected chi connectivity index (χ3v) is 3.27. The van der Waals surface area contributed by atoms with Crippen molar-refractivity contribution in [2.45, 2.75) is 6.04 Å². The Balaban J connectivity index is 1.92. The van der Waals surface area contributed by atoms with Crippen molar-refractivity contribution in [3.63, 3.8) is 0 Å². The van der Waals surface area contributed by atoms with Gasteiger partial charge in [0.2, 0.25) is 5.95 Å². The van der Waals surface area contributed by atoms with Crippen LogP contribution >= 0.6 is 0 Å². The molecule has 1 aromatic carbocycles. The number of rotatable bonds is 3. The van der Waals surface area contributed by atoms with E-state index in [4.69, 9.17) is 4.74 Å². The maximum absolute atomic E-state index is 5.52. The summed E-state index contributed by atoms with van der Waals surface area (Å²) in [5, 5.41) is 11.7. The summed E-state index contributed by atoms with van der Waals surface area (Å²) in [4.78, 5) is 6.77. The van der Waals surface area contributed by atoms with Crippen LogP contribution in [0.5, 0.6) is 0 Å². The summed E-state index contributed by atoms with van der Waals surface area (Å²) in [6.45, 7) is 3.04. The van der Waals surface area contributed by atoms with Gasteiger partial charge >= 0.3 is 0 Å². The van der Waals surface area contributed by atoms with E-state index in [1.54, 1.807) is 0 Å². The molecule has 2 aromatic rings. The van der Waals surface area contributed by atoms with Crippen LogP contribution in [0.1, 0.15) is 0 Å². The predicted octanol–water partition coefficient (Wildman–Crippen LogP) is 0.449. The number of fused-ring (bicyclic) bond motifs is 1. The first kappa shape index (κ1) is 12.3. The Labute approximate surface area is 111 Å². The van der Waals surface area contributed by atoms with Crippen LogP contribution < -0.4 is 10.2 Å². The summed E-state index contributed by atoms with van der Waals surface area (Å²) in [7, 11) is 1.94. The molecule has 1 saturated heterocycles. The number of hydrogen-bond donors (Lipinski definition) is 1. The monoisotopic (exact) mass is 259 g/mol. The third kappa shape index (κ3) is 2.50. The van der Waals surface area contributed by atoms with Crippen LogP contribution in [0.3, 0.4) is 0 Å². The molecule has 19 heavy (non-hydrogen) atoms. The van der Waals surface area contributed by atoms with E-state index < -0.39 is 0 Å². The quantitative estimate of drug-likeness (QED) is 0.863. The minimum absolute atomic E-state index is 0.252. The van der Waals surface area contributed by atoms with Gasteiger partial charge in [0.1, 0.15) is 5.52 Å². The zero-order valence-electron chi connectivity index (χ0n) is 10.9. The fraction of sp³-hybridized carbons (Fsp3) is 0.462. The molecule has 0 radical (unpaired) electrons. The highest BCUT2D eigenvalue weighted by atomic mass is 16.5. The van der Waals surface area contributed by atoms with Crippen LogP contribution in [0.2, 0.25) is 0 Å². The second kappa shape index (κ2) is 5.46. The Morgan fingerprint density at radius 3 is 3.00 bits per heavy atom. The molecule has 1 atom stereocenters. The van der Waals surface area contributed by atoms with E-state index in [1.165, 1.54) is 0 Å². The fourth-order valence-electron chi connectivity index (χ4n) is 2.32. The molecule has 1 aliphatic heterocycles. The highest BCUT2D eigenvalue weighted by molar-refractivity contribution is 5.74. The Morgan fingerprint density at radius 1 is 1.32 bits per heavy atom. The van der Waals surface area contributed by atoms with Crippen molar-refractivity contribution in [2.75, 3.05) is 38.3 Å². The average molecular weight is 259 g/mol. The van der Waals surface area contributed by atoms with E-state index in [0.717, 1.165) is 24.1 Å². The van der Waals surface area contributed by atoms with E-state index in [1.807, 2.05) is 31.3 Å². The molecule has 1 N–H and O–H groups in total. The van der Waals surface area contributed by atoms with Crippen molar-refractivity contribution in [3.05, 3.63) is 24.3 Å². The van der Waals surface area contributed by atoms with Crippen molar-refractivity contribution < 1.29 is 4.74 Å². The summed E-state index contributed by atoms with van der Waals surface area (Å²) in [6, 6.07) is 8.04. The van der Waals surface area contributed by atoms with E-state index in [0.29, 0.717) is 19.2 Å². The highest BCUT2D eigenvalue weighted by Gasteiger charge is 2.25. The summed E-state index contributed by atoms with van der Waals surface area (Å²) in [5.41, 5.74) is 1.70. The molecule has 0 aliphatic carbocycles. The number of anilines is 1. The Kier molecular flexibility index (Phi) is 3.52. The van der Waals surface area contributed by atoms with Gasteiger partial charge in [0.15, 0.2) is 0 Å². The summed E-state index contributed by atoms with van der Waals surface area (Å²) in [6.07, 6.45) is 0. The second-order valence-electron chi connectivity index (χ2n) is 4.58. The summed E-state index contributed by atoms with van der Waals surface area (Å²) in [5.74, 6) is 0.683. The minimum atomic E-state index is 0.252. The second-order valence-corrected chi connectivity index (χ2v) is 4.58. The number of benzene rings is 1. The Morgan fingerprint density at radius 2 is 2.16 bits per heavy atom. The summed E-state index contributed by atoms with van der Waals surface area (Å²) < 4.78 is 5.52. The molecule has 1 aromatic heterocycles. The maximum atomic E-state index is 5.52. The van der Waals surface area contributed by atoms with E-state index >= 15 is 0 Å². The number of para-hydroxylation sites is 1. The Hall–Kier alpha value is -1.79. The van der Waals surface area contributed by atoms with Gasteiger partial charge in [0, 0.05) is 13.1 Å². The fourth-order valence-corrected chi connectivity index (χ4v) is 2.32. The van der Waals surface area contributed by atoms with Crippen molar-refractivity contribution in [3.8, 4) is 0 Å². The molecule has 0 bridgehead atoms. The van der Waals surface area contributed by atoms with Crippen LogP contribution in [-0.2, 0) is 4.74 Å². The van der Waals surface area contributed by atoms with Gasteiger partial charge in [0.05, 0.1) is 24.8 Å². The predicted molar refractivity (Wildman–Crippen MR) is 73.2 cm³/mol. The maximum Gasteiger partial charge on any atom is 0.246 e. The van der Waals surface area contributed by atoms with Gasteiger partial charge in [0.25, 0.3) is 0 Å². The molecular formula is C13H17N5O. The molecular weight excluding hydrogens is 242 g/mol. The molecule has 6 heteroatoms. The molecule has 0 amide bonds. The molecule has 6 nitrogen and oxygen atoms in total. The lowest BCUT2D eigenvalue weighted by atomic mass is 10.2. The normalized spacial score (nSPS) is 19.8. The van der Waals surface area contributed by atoms with Crippen LogP contribution in [-0.4, -0.2) is 54.6 Å². The summed E-state index contributed by atoms with van der Waals surface area (Å²) >= 11 is 0. The van der Waals surface area contributed by atoms with Crippen LogP contribution in [0, 0.1) is 0 Å². The molecule has 0 saturated carbocycles. The van der Waals surface area contributed by atoms with Gasteiger partial charge in [-0.1, -0.05) is 12.1 Å². The van der Waals surface area contributed by atoms with Crippen LogP contribution in [0.25, 0.3) is 11.0 Å². The topological polar surface area (TPSA) is 63.2 Å². The molecule has 3 rings (SSSR count). The molecule has 2 heterocycles. The zero-order chi connectivity index (χ0) is 13.1. The Bertz CT molecular complexity index is 559. The van der Waals surface area contributed by atoms with Crippen molar-refractivity contribution >= 4 is 17.0 Å². The van der Waals surface area contributed by atoms with Gasteiger partial charge in [-0.15, -0.1) is 10.2 Å². The lowest BCUT2D eigenvalue weighted by molar-refractivity contribution is 0.0934.